The molecule has 0 spiro atoms. The van der Waals surface area contributed by atoms with Gasteiger partial charge in [-0.3, -0.25) is 9.59 Å². The molecule has 1 fully saturated rings. The number of nitrogens with one attached hydrogen (secondary N) is 2. The molecule has 29 heavy (non-hydrogen) atoms. The van der Waals surface area contributed by atoms with E-state index < -0.39 is 0 Å². The smallest absolute Gasteiger partial charge is 0.293 e. The highest BCUT2D eigenvalue weighted by molar-refractivity contribution is 6.14. The van der Waals surface area contributed by atoms with Crippen molar-refractivity contribution in [2.75, 3.05) is 10.6 Å². The fourth-order valence-corrected chi connectivity index (χ4v) is 3.93. The van der Waals surface area contributed by atoms with E-state index in [0.29, 0.717) is 17.0 Å². The van der Waals surface area contributed by atoms with Crippen LogP contribution in [-0.2, 0) is 11.2 Å². The summed E-state index contributed by atoms with van der Waals surface area (Å²) in [4.78, 5) is 25.8. The number of amides is 2. The summed E-state index contributed by atoms with van der Waals surface area (Å²) in [6.45, 7) is 2.09. The van der Waals surface area contributed by atoms with E-state index in [4.69, 9.17) is 4.42 Å². The standard InChI is InChI=1S/C24H26N2O3/c1-2-16-12-14-18(15-13-16)25-24(28)22-21(19-10-6-7-11-20(19)29-22)26-23(27)17-8-4-3-5-9-17/h6-7,10-15,17H,2-5,8-9H2,1H3,(H,25,28)(H,26,27). The molecule has 5 nitrogen and oxygen atoms in total. The summed E-state index contributed by atoms with van der Waals surface area (Å²) < 4.78 is 5.84. The summed E-state index contributed by atoms with van der Waals surface area (Å²) in [5.41, 5.74) is 2.93. The molecule has 0 saturated heterocycles. The quantitative estimate of drug-likeness (QED) is 0.581. The highest BCUT2D eigenvalue weighted by Gasteiger charge is 2.26. The SMILES string of the molecule is CCc1ccc(NC(=O)c2oc3ccccc3c2NC(=O)C2CCCCC2)cc1. The second kappa shape index (κ2) is 8.52. The first kappa shape index (κ1) is 19.2. The van der Waals surface area contributed by atoms with Gasteiger partial charge in [0, 0.05) is 17.0 Å². The van der Waals surface area contributed by atoms with Crippen LogP contribution < -0.4 is 10.6 Å². The van der Waals surface area contributed by atoms with Crippen molar-refractivity contribution < 1.29 is 14.0 Å². The van der Waals surface area contributed by atoms with Crippen molar-refractivity contribution in [3.8, 4) is 0 Å². The van der Waals surface area contributed by atoms with E-state index in [1.165, 1.54) is 12.0 Å². The monoisotopic (exact) mass is 390 g/mol. The van der Waals surface area contributed by atoms with Gasteiger partial charge in [-0.1, -0.05) is 50.5 Å². The van der Waals surface area contributed by atoms with Gasteiger partial charge in [-0.2, -0.15) is 0 Å². The van der Waals surface area contributed by atoms with Crippen molar-refractivity contribution in [2.24, 2.45) is 5.92 Å². The molecule has 0 atom stereocenters. The van der Waals surface area contributed by atoms with Gasteiger partial charge in [0.2, 0.25) is 11.7 Å². The van der Waals surface area contributed by atoms with Gasteiger partial charge in [-0.05, 0) is 49.1 Å². The first-order chi connectivity index (χ1) is 14.2. The number of hydrogen-bond donors (Lipinski definition) is 2. The lowest BCUT2D eigenvalue weighted by atomic mass is 9.88. The lowest BCUT2D eigenvalue weighted by Gasteiger charge is -2.20. The lowest BCUT2D eigenvalue weighted by Crippen LogP contribution is -2.25. The van der Waals surface area contributed by atoms with Crippen LogP contribution in [0.2, 0.25) is 0 Å². The normalized spacial score (nSPS) is 14.7. The van der Waals surface area contributed by atoms with E-state index in [1.54, 1.807) is 6.07 Å². The third-order valence-electron chi connectivity index (χ3n) is 5.65. The summed E-state index contributed by atoms with van der Waals surface area (Å²) in [5, 5.41) is 6.61. The number of carbonyl (C=O) groups excluding carboxylic acids is 2. The second-order valence-electron chi connectivity index (χ2n) is 7.63. The molecule has 2 aromatic carbocycles. The van der Waals surface area contributed by atoms with Gasteiger partial charge in [0.05, 0.1) is 0 Å². The molecular weight excluding hydrogens is 364 g/mol. The zero-order valence-corrected chi connectivity index (χ0v) is 16.7. The molecule has 0 aliphatic heterocycles. The van der Waals surface area contributed by atoms with Crippen molar-refractivity contribution in [3.05, 3.63) is 59.9 Å². The predicted molar refractivity (Wildman–Crippen MR) is 115 cm³/mol. The van der Waals surface area contributed by atoms with Crippen molar-refractivity contribution in [2.45, 2.75) is 45.4 Å². The number of rotatable bonds is 5. The van der Waals surface area contributed by atoms with E-state index in [-0.39, 0.29) is 23.5 Å². The van der Waals surface area contributed by atoms with Crippen LogP contribution in [0.3, 0.4) is 0 Å². The molecule has 3 aromatic rings. The van der Waals surface area contributed by atoms with Gasteiger partial charge in [0.25, 0.3) is 5.91 Å². The molecule has 0 unspecified atom stereocenters. The van der Waals surface area contributed by atoms with E-state index >= 15 is 0 Å². The largest absolute Gasteiger partial charge is 0.449 e. The highest BCUT2D eigenvalue weighted by atomic mass is 16.3. The van der Waals surface area contributed by atoms with Crippen molar-refractivity contribution in [1.29, 1.82) is 0 Å². The Hall–Kier alpha value is -3.08. The summed E-state index contributed by atoms with van der Waals surface area (Å²) in [6.07, 6.45) is 6.06. The van der Waals surface area contributed by atoms with E-state index in [2.05, 4.69) is 17.6 Å². The zero-order valence-electron chi connectivity index (χ0n) is 16.7. The van der Waals surface area contributed by atoms with Gasteiger partial charge in [0.15, 0.2) is 0 Å². The molecule has 2 amide bonds. The third kappa shape index (κ3) is 4.19. The number of benzene rings is 2. The Morgan fingerprint density at radius 2 is 1.69 bits per heavy atom. The fraction of sp³-hybridized carbons (Fsp3) is 0.333. The summed E-state index contributed by atoms with van der Waals surface area (Å²) in [6, 6.07) is 15.1. The van der Waals surface area contributed by atoms with Gasteiger partial charge in [-0.15, -0.1) is 0 Å². The number of anilines is 2. The first-order valence-corrected chi connectivity index (χ1v) is 10.4. The average molecular weight is 390 g/mol. The molecule has 1 aliphatic rings. The number of carbonyl (C=O) groups is 2. The Morgan fingerprint density at radius 1 is 0.966 bits per heavy atom. The second-order valence-corrected chi connectivity index (χ2v) is 7.63. The van der Waals surface area contributed by atoms with Crippen LogP contribution >= 0.6 is 0 Å². The molecule has 5 heteroatoms. The predicted octanol–water partition coefficient (Wildman–Crippen LogP) is 5.77. The van der Waals surface area contributed by atoms with Gasteiger partial charge in [-0.25, -0.2) is 0 Å². The van der Waals surface area contributed by atoms with Crippen molar-refractivity contribution in [1.82, 2.24) is 0 Å². The number of hydrogen-bond acceptors (Lipinski definition) is 3. The highest BCUT2D eigenvalue weighted by Crippen LogP contribution is 2.33. The molecule has 1 aliphatic carbocycles. The maximum atomic E-state index is 13.0. The third-order valence-corrected chi connectivity index (χ3v) is 5.65. The fourth-order valence-electron chi connectivity index (χ4n) is 3.93. The molecule has 1 aromatic heterocycles. The molecule has 0 radical (unpaired) electrons. The number of furan rings is 1. The van der Waals surface area contributed by atoms with Crippen LogP contribution in [-0.4, -0.2) is 11.8 Å². The Morgan fingerprint density at radius 3 is 2.41 bits per heavy atom. The van der Waals surface area contributed by atoms with E-state index in [1.807, 2.05) is 42.5 Å². The van der Waals surface area contributed by atoms with Gasteiger partial charge >= 0.3 is 0 Å². The average Bonchev–Trinajstić information content (AvgIpc) is 3.13. The molecule has 1 heterocycles. The Labute approximate surface area is 170 Å². The van der Waals surface area contributed by atoms with Crippen LogP contribution in [0, 0.1) is 5.92 Å². The number of fused-ring (bicyclic) bond motifs is 1. The zero-order chi connectivity index (χ0) is 20.2. The minimum absolute atomic E-state index is 0.00471. The summed E-state index contributed by atoms with van der Waals surface area (Å²) >= 11 is 0. The Kier molecular flexibility index (Phi) is 5.65. The molecule has 150 valence electrons. The van der Waals surface area contributed by atoms with Crippen LogP contribution in [0.4, 0.5) is 11.4 Å². The Bertz CT molecular complexity index is 1010. The summed E-state index contributed by atoms with van der Waals surface area (Å²) in [7, 11) is 0. The molecule has 2 N–H and O–H groups in total. The maximum absolute atomic E-state index is 13.0. The Balaban J connectivity index is 1.61. The van der Waals surface area contributed by atoms with Crippen LogP contribution in [0.1, 0.15) is 55.1 Å². The van der Waals surface area contributed by atoms with E-state index in [9.17, 15) is 9.59 Å². The molecule has 0 bridgehead atoms. The van der Waals surface area contributed by atoms with Crippen LogP contribution in [0.5, 0.6) is 0 Å². The number of aryl methyl sites for hydroxylation is 1. The molecular formula is C24H26N2O3. The first-order valence-electron chi connectivity index (χ1n) is 10.4. The topological polar surface area (TPSA) is 71.3 Å². The minimum atomic E-state index is -0.371. The lowest BCUT2D eigenvalue weighted by molar-refractivity contribution is -0.120. The number of para-hydroxylation sites is 1. The molecule has 1 saturated carbocycles. The van der Waals surface area contributed by atoms with Crippen molar-refractivity contribution >= 4 is 34.2 Å². The van der Waals surface area contributed by atoms with Gasteiger partial charge in [0.1, 0.15) is 11.3 Å². The summed E-state index contributed by atoms with van der Waals surface area (Å²) in [5.74, 6) is -0.271. The maximum Gasteiger partial charge on any atom is 0.293 e. The van der Waals surface area contributed by atoms with Crippen LogP contribution in [0.25, 0.3) is 11.0 Å². The van der Waals surface area contributed by atoms with Crippen LogP contribution in [0.15, 0.2) is 52.9 Å². The molecule has 4 rings (SSSR count). The minimum Gasteiger partial charge on any atom is -0.449 e. The van der Waals surface area contributed by atoms with E-state index in [0.717, 1.165) is 37.5 Å². The van der Waals surface area contributed by atoms with Crippen molar-refractivity contribution in [3.63, 3.8) is 0 Å². The van der Waals surface area contributed by atoms with Gasteiger partial charge < -0.3 is 15.1 Å².